The highest BCUT2D eigenvalue weighted by molar-refractivity contribution is 6.09. The molecule has 0 aliphatic heterocycles. The Hall–Kier alpha value is -4.14. The van der Waals surface area contributed by atoms with Gasteiger partial charge in [0.25, 0.3) is 5.56 Å². The molecule has 0 aliphatic rings. The molecule has 0 aliphatic carbocycles. The van der Waals surface area contributed by atoms with E-state index in [9.17, 15) is 14.4 Å². The van der Waals surface area contributed by atoms with Crippen LogP contribution in [-0.4, -0.2) is 29.2 Å². The van der Waals surface area contributed by atoms with Crippen LogP contribution in [0.25, 0.3) is 33.0 Å². The molecule has 162 valence electrons. The molecule has 3 heterocycles. The number of imidazole rings is 1. The minimum Gasteiger partial charge on any atom is -0.341 e. The number of nitrogens with zero attached hydrogens (tertiary/aromatic N) is 5. The molecule has 2 aromatic carbocycles. The van der Waals surface area contributed by atoms with Crippen LogP contribution in [0.5, 0.6) is 0 Å². The Morgan fingerprint density at radius 2 is 1.75 bits per heavy atom. The summed E-state index contributed by atoms with van der Waals surface area (Å²) in [6.07, 6.45) is 1.41. The Bertz CT molecular complexity index is 1650. The number of hydrogen-bond acceptors (Lipinski definition) is 4. The third kappa shape index (κ3) is 2.85. The first-order valence-corrected chi connectivity index (χ1v) is 10.3. The number of aromatic nitrogens is 5. The lowest BCUT2D eigenvalue weighted by Gasteiger charge is -2.09. The summed E-state index contributed by atoms with van der Waals surface area (Å²) in [5.41, 5.74) is 2.45. The van der Waals surface area contributed by atoms with Gasteiger partial charge in [-0.05, 0) is 31.2 Å². The summed E-state index contributed by atoms with van der Waals surface area (Å²) in [6.45, 7) is 2.86. The number of rotatable bonds is 4. The molecule has 1 amide bonds. The average Bonchev–Trinajstić information content (AvgIpc) is 3.35. The summed E-state index contributed by atoms with van der Waals surface area (Å²) in [6, 6.07) is 14.0. The van der Waals surface area contributed by atoms with Gasteiger partial charge in [-0.2, -0.15) is 0 Å². The minimum absolute atomic E-state index is 0.0985. The van der Waals surface area contributed by atoms with Gasteiger partial charge < -0.3 is 14.5 Å². The van der Waals surface area contributed by atoms with E-state index in [0.717, 1.165) is 32.9 Å². The van der Waals surface area contributed by atoms with Crippen molar-refractivity contribution in [3.8, 4) is 0 Å². The van der Waals surface area contributed by atoms with Crippen molar-refractivity contribution in [2.24, 2.45) is 14.1 Å². The van der Waals surface area contributed by atoms with Gasteiger partial charge in [-0.1, -0.05) is 18.2 Å². The summed E-state index contributed by atoms with van der Waals surface area (Å²) in [7, 11) is 2.95. The van der Waals surface area contributed by atoms with Crippen LogP contribution >= 0.6 is 0 Å². The van der Waals surface area contributed by atoms with Crippen molar-refractivity contribution in [3.63, 3.8) is 0 Å². The molecule has 5 rings (SSSR count). The smallest absolute Gasteiger partial charge is 0.332 e. The molecule has 0 spiro atoms. The fourth-order valence-electron chi connectivity index (χ4n) is 4.34. The van der Waals surface area contributed by atoms with Crippen LogP contribution in [0.15, 0.2) is 58.4 Å². The summed E-state index contributed by atoms with van der Waals surface area (Å²) in [5, 5.41) is 5.11. The summed E-state index contributed by atoms with van der Waals surface area (Å²) >= 11 is 0. The fraction of sp³-hybridized carbons (Fsp3) is 0.217. The monoisotopic (exact) mass is 430 g/mol. The molecule has 0 unspecified atom stereocenters. The van der Waals surface area contributed by atoms with E-state index < -0.39 is 11.2 Å². The quantitative estimate of drug-likeness (QED) is 0.473. The molecule has 0 fully saturated rings. The maximum absolute atomic E-state index is 12.8. The SMILES string of the molecule is CCn1c2ccccc2c2cc(NC(=O)Cn3cnc4c3c(=O)n(C)c(=O)n4C)ccc21. The number of anilines is 1. The highest BCUT2D eigenvalue weighted by Crippen LogP contribution is 2.31. The molecule has 9 nitrogen and oxygen atoms in total. The second-order valence-corrected chi connectivity index (χ2v) is 7.79. The summed E-state index contributed by atoms with van der Waals surface area (Å²) < 4.78 is 6.01. The van der Waals surface area contributed by atoms with Crippen molar-refractivity contribution >= 4 is 44.6 Å². The van der Waals surface area contributed by atoms with E-state index in [-0.39, 0.29) is 23.6 Å². The molecule has 5 aromatic rings. The van der Waals surface area contributed by atoms with Crippen LogP contribution in [0.4, 0.5) is 5.69 Å². The van der Waals surface area contributed by atoms with Crippen LogP contribution in [0.1, 0.15) is 6.92 Å². The Labute approximate surface area is 182 Å². The van der Waals surface area contributed by atoms with Crippen molar-refractivity contribution in [2.75, 3.05) is 5.32 Å². The number of benzene rings is 2. The maximum Gasteiger partial charge on any atom is 0.332 e. The van der Waals surface area contributed by atoms with E-state index in [1.807, 2.05) is 30.3 Å². The first-order valence-electron chi connectivity index (χ1n) is 10.3. The number of fused-ring (bicyclic) bond motifs is 4. The number of carbonyl (C=O) groups excluding carboxylic acids is 1. The molecular weight excluding hydrogens is 408 g/mol. The van der Waals surface area contributed by atoms with Gasteiger partial charge in [0, 0.05) is 48.1 Å². The second-order valence-electron chi connectivity index (χ2n) is 7.79. The van der Waals surface area contributed by atoms with Crippen LogP contribution in [-0.2, 0) is 32.0 Å². The zero-order valence-corrected chi connectivity index (χ0v) is 18.0. The molecule has 0 atom stereocenters. The van der Waals surface area contributed by atoms with Gasteiger partial charge in [0.15, 0.2) is 11.2 Å². The first-order chi connectivity index (χ1) is 15.4. The second kappa shape index (κ2) is 7.23. The number of hydrogen-bond donors (Lipinski definition) is 1. The van der Waals surface area contributed by atoms with E-state index in [1.165, 1.54) is 22.5 Å². The van der Waals surface area contributed by atoms with Gasteiger partial charge in [0.1, 0.15) is 6.54 Å². The molecular formula is C23H22N6O3. The van der Waals surface area contributed by atoms with E-state index in [4.69, 9.17) is 0 Å². The highest BCUT2D eigenvalue weighted by atomic mass is 16.2. The van der Waals surface area contributed by atoms with E-state index in [0.29, 0.717) is 5.69 Å². The van der Waals surface area contributed by atoms with Gasteiger partial charge in [-0.25, -0.2) is 9.78 Å². The van der Waals surface area contributed by atoms with Gasteiger partial charge in [0.05, 0.1) is 6.33 Å². The molecule has 1 N–H and O–H groups in total. The predicted octanol–water partition coefficient (Wildman–Crippen LogP) is 2.20. The Morgan fingerprint density at radius 1 is 1.00 bits per heavy atom. The third-order valence-corrected chi connectivity index (χ3v) is 5.90. The molecule has 0 saturated carbocycles. The van der Waals surface area contributed by atoms with Crippen molar-refractivity contribution in [3.05, 3.63) is 69.6 Å². The number of aryl methyl sites for hydroxylation is 2. The lowest BCUT2D eigenvalue weighted by molar-refractivity contribution is -0.116. The number of nitrogens with one attached hydrogen (secondary N) is 1. The van der Waals surface area contributed by atoms with Crippen molar-refractivity contribution in [2.45, 2.75) is 20.0 Å². The first kappa shape index (κ1) is 19.8. The summed E-state index contributed by atoms with van der Waals surface area (Å²) in [5.74, 6) is -0.293. The lowest BCUT2D eigenvalue weighted by atomic mass is 10.1. The summed E-state index contributed by atoms with van der Waals surface area (Å²) in [4.78, 5) is 41.6. The number of carbonyl (C=O) groups is 1. The lowest BCUT2D eigenvalue weighted by Crippen LogP contribution is -2.37. The Balaban J connectivity index is 1.49. The van der Waals surface area contributed by atoms with Crippen LogP contribution < -0.4 is 16.6 Å². The highest BCUT2D eigenvalue weighted by Gasteiger charge is 2.16. The van der Waals surface area contributed by atoms with Crippen molar-refractivity contribution in [1.82, 2.24) is 23.3 Å². The van der Waals surface area contributed by atoms with E-state index in [2.05, 4.69) is 33.9 Å². The standard InChI is InChI=1S/C23H22N6O3/c1-4-29-17-8-6-5-7-15(17)16-11-14(9-10-18(16)29)25-19(30)12-28-13-24-21-20(28)22(31)27(3)23(32)26(21)2/h5-11,13H,4,12H2,1-3H3,(H,25,30). The minimum atomic E-state index is -0.484. The van der Waals surface area contributed by atoms with Crippen LogP contribution in [0.3, 0.4) is 0 Å². The van der Waals surface area contributed by atoms with Gasteiger partial charge in [-0.15, -0.1) is 0 Å². The zero-order valence-electron chi connectivity index (χ0n) is 18.0. The molecule has 0 radical (unpaired) electrons. The topological polar surface area (TPSA) is 95.8 Å². The number of para-hydroxylation sites is 1. The van der Waals surface area contributed by atoms with Gasteiger partial charge in [-0.3, -0.25) is 18.7 Å². The molecule has 3 aromatic heterocycles. The largest absolute Gasteiger partial charge is 0.341 e. The molecule has 32 heavy (non-hydrogen) atoms. The normalized spacial score (nSPS) is 11.6. The van der Waals surface area contributed by atoms with E-state index >= 15 is 0 Å². The number of amides is 1. The predicted molar refractivity (Wildman–Crippen MR) is 124 cm³/mol. The van der Waals surface area contributed by atoms with E-state index in [1.54, 1.807) is 7.05 Å². The fourth-order valence-corrected chi connectivity index (χ4v) is 4.34. The molecule has 0 bridgehead atoms. The Kier molecular flexibility index (Phi) is 4.47. The van der Waals surface area contributed by atoms with Crippen molar-refractivity contribution < 1.29 is 4.79 Å². The average molecular weight is 430 g/mol. The van der Waals surface area contributed by atoms with Crippen molar-refractivity contribution in [1.29, 1.82) is 0 Å². The van der Waals surface area contributed by atoms with Gasteiger partial charge in [0.2, 0.25) is 5.91 Å². The van der Waals surface area contributed by atoms with Gasteiger partial charge >= 0.3 is 5.69 Å². The Morgan fingerprint density at radius 3 is 2.53 bits per heavy atom. The molecule has 0 saturated heterocycles. The maximum atomic E-state index is 12.8. The third-order valence-electron chi connectivity index (χ3n) is 5.90. The van der Waals surface area contributed by atoms with Crippen LogP contribution in [0.2, 0.25) is 0 Å². The van der Waals surface area contributed by atoms with Crippen LogP contribution in [0, 0.1) is 0 Å². The molecule has 9 heteroatoms. The zero-order chi connectivity index (χ0) is 22.6.